The van der Waals surface area contributed by atoms with Crippen molar-refractivity contribution in [1.82, 2.24) is 20.3 Å². The average Bonchev–Trinajstić information content (AvgIpc) is 2.64. The SMILES string of the molecule is CN(CC1CCNCC1)c1cc(NCCc2ccncc2)ncn1. The van der Waals surface area contributed by atoms with Crippen LogP contribution in [0.5, 0.6) is 0 Å². The topological polar surface area (TPSA) is 66.0 Å². The van der Waals surface area contributed by atoms with Gasteiger partial charge in [0.15, 0.2) is 0 Å². The highest BCUT2D eigenvalue weighted by molar-refractivity contribution is 5.48. The van der Waals surface area contributed by atoms with Gasteiger partial charge in [-0.05, 0) is 56.0 Å². The van der Waals surface area contributed by atoms with Gasteiger partial charge in [-0.15, -0.1) is 0 Å². The summed E-state index contributed by atoms with van der Waals surface area (Å²) in [6.07, 6.45) is 8.73. The van der Waals surface area contributed by atoms with Gasteiger partial charge in [0.2, 0.25) is 0 Å². The summed E-state index contributed by atoms with van der Waals surface area (Å²) in [7, 11) is 2.12. The number of piperidine rings is 1. The molecular formula is C18H26N6. The molecule has 0 spiro atoms. The lowest BCUT2D eigenvalue weighted by Crippen LogP contribution is -2.34. The molecule has 1 aliphatic heterocycles. The van der Waals surface area contributed by atoms with Crippen LogP contribution in [0.4, 0.5) is 11.6 Å². The fraction of sp³-hybridized carbons (Fsp3) is 0.500. The van der Waals surface area contributed by atoms with Gasteiger partial charge in [0.1, 0.15) is 18.0 Å². The number of aromatic nitrogens is 3. The average molecular weight is 326 g/mol. The molecule has 0 aliphatic carbocycles. The standard InChI is InChI=1S/C18H26N6/c1-24(13-16-4-9-20-10-5-16)18-12-17(22-14-23-18)21-11-6-15-2-7-19-8-3-15/h2-3,7-8,12,14,16,20H,4-6,9-11,13H2,1H3,(H,21,22,23). The number of pyridine rings is 1. The Hall–Kier alpha value is -2.21. The minimum Gasteiger partial charge on any atom is -0.370 e. The van der Waals surface area contributed by atoms with E-state index in [0.717, 1.165) is 50.2 Å². The third-order valence-corrected chi connectivity index (χ3v) is 4.50. The van der Waals surface area contributed by atoms with Crippen molar-refractivity contribution in [3.05, 3.63) is 42.5 Å². The third kappa shape index (κ3) is 4.89. The summed E-state index contributed by atoms with van der Waals surface area (Å²) in [5.41, 5.74) is 1.27. The highest BCUT2D eigenvalue weighted by Gasteiger charge is 2.16. The van der Waals surface area contributed by atoms with Crippen LogP contribution in [0.3, 0.4) is 0 Å². The molecule has 6 heteroatoms. The largest absolute Gasteiger partial charge is 0.370 e. The zero-order valence-electron chi connectivity index (χ0n) is 14.3. The fourth-order valence-electron chi connectivity index (χ4n) is 3.08. The Kier molecular flexibility index (Phi) is 5.96. The highest BCUT2D eigenvalue weighted by Crippen LogP contribution is 2.18. The van der Waals surface area contributed by atoms with Gasteiger partial charge >= 0.3 is 0 Å². The summed E-state index contributed by atoms with van der Waals surface area (Å²) in [5.74, 6) is 2.61. The van der Waals surface area contributed by atoms with Crippen LogP contribution in [0.2, 0.25) is 0 Å². The number of nitrogens with zero attached hydrogens (tertiary/aromatic N) is 4. The first-order chi connectivity index (χ1) is 11.8. The molecule has 3 rings (SSSR count). The zero-order valence-corrected chi connectivity index (χ0v) is 14.3. The van der Waals surface area contributed by atoms with Crippen LogP contribution in [0.1, 0.15) is 18.4 Å². The maximum absolute atomic E-state index is 4.42. The zero-order chi connectivity index (χ0) is 16.6. The molecule has 6 nitrogen and oxygen atoms in total. The van der Waals surface area contributed by atoms with Crippen molar-refractivity contribution in [3.63, 3.8) is 0 Å². The first-order valence-corrected chi connectivity index (χ1v) is 8.68. The predicted molar refractivity (Wildman–Crippen MR) is 97.3 cm³/mol. The molecule has 128 valence electrons. The molecule has 3 heterocycles. The van der Waals surface area contributed by atoms with Crippen LogP contribution < -0.4 is 15.5 Å². The smallest absolute Gasteiger partial charge is 0.133 e. The van der Waals surface area contributed by atoms with Crippen molar-refractivity contribution in [2.75, 3.05) is 43.4 Å². The molecule has 0 saturated carbocycles. The van der Waals surface area contributed by atoms with E-state index >= 15 is 0 Å². The third-order valence-electron chi connectivity index (χ3n) is 4.50. The van der Waals surface area contributed by atoms with Crippen LogP contribution in [-0.4, -0.2) is 48.2 Å². The first-order valence-electron chi connectivity index (χ1n) is 8.68. The molecule has 2 N–H and O–H groups in total. The van der Waals surface area contributed by atoms with E-state index in [2.05, 4.69) is 37.5 Å². The number of hydrogen-bond acceptors (Lipinski definition) is 6. The second-order valence-electron chi connectivity index (χ2n) is 6.37. The van der Waals surface area contributed by atoms with Crippen molar-refractivity contribution < 1.29 is 0 Å². The summed E-state index contributed by atoms with van der Waals surface area (Å²) in [5, 5.41) is 6.80. The molecule has 0 atom stereocenters. The molecule has 0 radical (unpaired) electrons. The lowest BCUT2D eigenvalue weighted by molar-refractivity contribution is 0.377. The van der Waals surface area contributed by atoms with Crippen LogP contribution in [0.15, 0.2) is 36.9 Å². The first kappa shape index (κ1) is 16.6. The normalized spacial score (nSPS) is 15.2. The molecule has 1 aliphatic rings. The lowest BCUT2D eigenvalue weighted by atomic mass is 9.98. The van der Waals surface area contributed by atoms with Gasteiger partial charge in [0, 0.05) is 38.6 Å². The molecule has 2 aromatic heterocycles. The van der Waals surface area contributed by atoms with Crippen molar-refractivity contribution in [2.45, 2.75) is 19.3 Å². The van der Waals surface area contributed by atoms with Crippen molar-refractivity contribution in [1.29, 1.82) is 0 Å². The van der Waals surface area contributed by atoms with Gasteiger partial charge in [0.25, 0.3) is 0 Å². The molecular weight excluding hydrogens is 300 g/mol. The molecule has 1 fully saturated rings. The van der Waals surface area contributed by atoms with Crippen molar-refractivity contribution in [2.24, 2.45) is 5.92 Å². The second-order valence-corrected chi connectivity index (χ2v) is 6.37. The molecule has 2 aromatic rings. The van der Waals surface area contributed by atoms with Gasteiger partial charge in [-0.1, -0.05) is 0 Å². The molecule has 0 amide bonds. The Morgan fingerprint density at radius 1 is 1.21 bits per heavy atom. The fourth-order valence-corrected chi connectivity index (χ4v) is 3.08. The summed E-state index contributed by atoms with van der Waals surface area (Å²) >= 11 is 0. The minimum absolute atomic E-state index is 0.745. The molecule has 24 heavy (non-hydrogen) atoms. The number of rotatable bonds is 7. The summed E-state index contributed by atoms with van der Waals surface area (Å²) in [6, 6.07) is 6.12. The molecule has 0 aromatic carbocycles. The minimum atomic E-state index is 0.745. The van der Waals surface area contributed by atoms with E-state index < -0.39 is 0 Å². The van der Waals surface area contributed by atoms with Gasteiger partial charge < -0.3 is 15.5 Å². The van der Waals surface area contributed by atoms with Crippen LogP contribution in [0.25, 0.3) is 0 Å². The Morgan fingerprint density at radius 3 is 2.79 bits per heavy atom. The number of anilines is 2. The lowest BCUT2D eigenvalue weighted by Gasteiger charge is -2.28. The van der Waals surface area contributed by atoms with Crippen molar-refractivity contribution >= 4 is 11.6 Å². The van der Waals surface area contributed by atoms with Crippen molar-refractivity contribution in [3.8, 4) is 0 Å². The summed E-state index contributed by atoms with van der Waals surface area (Å²) in [6.45, 7) is 4.15. The van der Waals surface area contributed by atoms with Crippen LogP contribution >= 0.6 is 0 Å². The van der Waals surface area contributed by atoms with Crippen LogP contribution in [-0.2, 0) is 6.42 Å². The Bertz CT molecular complexity index is 612. The van der Waals surface area contributed by atoms with E-state index in [-0.39, 0.29) is 0 Å². The number of hydrogen-bond donors (Lipinski definition) is 2. The number of nitrogens with one attached hydrogen (secondary N) is 2. The van der Waals surface area contributed by atoms with E-state index in [1.165, 1.54) is 18.4 Å². The second kappa shape index (κ2) is 8.59. The Balaban J connectivity index is 1.51. The predicted octanol–water partition coefficient (Wildman–Crippen LogP) is 1.96. The summed E-state index contributed by atoms with van der Waals surface area (Å²) < 4.78 is 0. The van der Waals surface area contributed by atoms with Gasteiger partial charge in [-0.2, -0.15) is 0 Å². The molecule has 0 unspecified atom stereocenters. The van der Waals surface area contributed by atoms with E-state index in [0.29, 0.717) is 0 Å². The molecule has 1 saturated heterocycles. The van der Waals surface area contributed by atoms with E-state index in [1.54, 1.807) is 6.33 Å². The molecule has 0 bridgehead atoms. The Morgan fingerprint density at radius 2 is 2.00 bits per heavy atom. The van der Waals surface area contributed by atoms with E-state index in [9.17, 15) is 0 Å². The van der Waals surface area contributed by atoms with E-state index in [4.69, 9.17) is 0 Å². The van der Waals surface area contributed by atoms with Gasteiger partial charge in [-0.3, -0.25) is 4.98 Å². The van der Waals surface area contributed by atoms with Gasteiger partial charge in [-0.25, -0.2) is 9.97 Å². The maximum atomic E-state index is 4.42. The van der Waals surface area contributed by atoms with Crippen LogP contribution in [0, 0.1) is 5.92 Å². The highest BCUT2D eigenvalue weighted by atomic mass is 15.2. The quantitative estimate of drug-likeness (QED) is 0.811. The van der Waals surface area contributed by atoms with E-state index in [1.807, 2.05) is 30.6 Å². The Labute approximate surface area is 143 Å². The monoisotopic (exact) mass is 326 g/mol. The summed E-state index contributed by atoms with van der Waals surface area (Å²) in [4.78, 5) is 15.0. The maximum Gasteiger partial charge on any atom is 0.133 e. The van der Waals surface area contributed by atoms with Gasteiger partial charge in [0.05, 0.1) is 0 Å².